The van der Waals surface area contributed by atoms with Crippen LogP contribution in [0.1, 0.15) is 31.0 Å². The number of hydrogen-bond donors (Lipinski definition) is 0. The van der Waals surface area contributed by atoms with Crippen molar-refractivity contribution in [3.63, 3.8) is 0 Å². The topological polar surface area (TPSA) is 63.9 Å². The number of carbonyl (C=O) groups is 1. The summed E-state index contributed by atoms with van der Waals surface area (Å²) in [7, 11) is 5.57. The summed E-state index contributed by atoms with van der Waals surface area (Å²) in [6.45, 7) is 3.35. The highest BCUT2D eigenvalue weighted by Gasteiger charge is 2.33. The second-order valence-electron chi connectivity index (χ2n) is 9.15. The molecule has 0 fully saturated rings. The van der Waals surface area contributed by atoms with Crippen LogP contribution in [0.15, 0.2) is 80.1 Å². The number of hydrogen-bond acceptors (Lipinski definition) is 6. The van der Waals surface area contributed by atoms with Gasteiger partial charge in [-0.3, -0.25) is 14.2 Å². The minimum absolute atomic E-state index is 0.126. The number of halogens is 1. The van der Waals surface area contributed by atoms with E-state index in [1.165, 1.54) is 18.3 Å². The Morgan fingerprint density at radius 1 is 1.16 bits per heavy atom. The third-order valence-corrected chi connectivity index (χ3v) is 8.19. The molecule has 0 saturated carbocycles. The first-order chi connectivity index (χ1) is 17.7. The van der Waals surface area contributed by atoms with E-state index in [0.29, 0.717) is 26.4 Å². The fourth-order valence-corrected chi connectivity index (χ4v) is 6.70. The highest BCUT2D eigenvalue weighted by Crippen LogP contribution is 2.40. The van der Waals surface area contributed by atoms with Crippen molar-refractivity contribution in [2.24, 2.45) is 4.99 Å². The molecule has 3 aromatic carbocycles. The summed E-state index contributed by atoms with van der Waals surface area (Å²) < 4.78 is 8.91. The Labute approximate surface area is 227 Å². The number of aromatic nitrogens is 1. The van der Waals surface area contributed by atoms with Crippen molar-refractivity contribution in [2.45, 2.75) is 19.9 Å². The predicted octanol–water partition coefficient (Wildman–Crippen LogP) is 4.81. The van der Waals surface area contributed by atoms with E-state index < -0.39 is 6.04 Å². The van der Waals surface area contributed by atoms with Crippen LogP contribution in [0.5, 0.6) is 5.75 Å². The molecule has 5 rings (SSSR count). The molecule has 37 heavy (non-hydrogen) atoms. The number of ether oxygens (including phenoxy) is 1. The summed E-state index contributed by atoms with van der Waals surface area (Å²) in [5, 5.41) is 1.93. The van der Waals surface area contributed by atoms with E-state index in [-0.39, 0.29) is 11.3 Å². The fourth-order valence-electron chi connectivity index (χ4n) is 4.91. The number of methoxy groups -OCH3 is 1. The van der Waals surface area contributed by atoms with E-state index in [0.717, 1.165) is 32.1 Å². The van der Waals surface area contributed by atoms with Crippen molar-refractivity contribution >= 4 is 55.6 Å². The van der Waals surface area contributed by atoms with Gasteiger partial charge in [0.15, 0.2) is 10.6 Å². The molecule has 1 unspecified atom stereocenters. The maximum Gasteiger partial charge on any atom is 0.271 e. The van der Waals surface area contributed by atoms with Gasteiger partial charge in [0, 0.05) is 35.4 Å². The Morgan fingerprint density at radius 2 is 1.92 bits per heavy atom. The number of allylic oxidation sites excluding steroid dienone is 2. The van der Waals surface area contributed by atoms with Crippen molar-refractivity contribution in [1.82, 2.24) is 4.57 Å². The zero-order valence-corrected chi connectivity index (χ0v) is 23.6. The number of anilines is 1. The molecule has 0 amide bonds. The summed E-state index contributed by atoms with van der Waals surface area (Å²) >= 11 is 4.95. The molecule has 8 heteroatoms. The zero-order valence-electron chi connectivity index (χ0n) is 21.2. The molecule has 0 N–H and O–H groups in total. The van der Waals surface area contributed by atoms with Crippen molar-refractivity contribution in [3.8, 4) is 5.75 Å². The number of ketones is 1. The number of rotatable bonds is 5. The minimum Gasteiger partial charge on any atom is -0.496 e. The lowest BCUT2D eigenvalue weighted by molar-refractivity contribution is -0.114. The lowest BCUT2D eigenvalue weighted by Crippen LogP contribution is -2.39. The van der Waals surface area contributed by atoms with Gasteiger partial charge in [-0.05, 0) is 70.4 Å². The van der Waals surface area contributed by atoms with Crippen LogP contribution in [0, 0.1) is 0 Å². The highest BCUT2D eigenvalue weighted by atomic mass is 79.9. The van der Waals surface area contributed by atoms with Crippen LogP contribution in [-0.4, -0.2) is 31.6 Å². The van der Waals surface area contributed by atoms with Gasteiger partial charge in [-0.15, -0.1) is 0 Å². The lowest BCUT2D eigenvalue weighted by atomic mass is 9.89. The molecule has 188 valence electrons. The van der Waals surface area contributed by atoms with Crippen molar-refractivity contribution in [2.75, 3.05) is 26.1 Å². The van der Waals surface area contributed by atoms with Crippen molar-refractivity contribution in [1.29, 1.82) is 0 Å². The third kappa shape index (κ3) is 4.34. The first-order valence-electron chi connectivity index (χ1n) is 11.8. The minimum atomic E-state index is -0.653. The van der Waals surface area contributed by atoms with Gasteiger partial charge in [0.25, 0.3) is 5.56 Å². The molecule has 4 aromatic rings. The number of thiazole rings is 1. The van der Waals surface area contributed by atoms with Crippen LogP contribution in [-0.2, 0) is 4.79 Å². The summed E-state index contributed by atoms with van der Waals surface area (Å²) in [5.41, 5.74) is 3.63. The third-order valence-electron chi connectivity index (χ3n) is 6.58. The molecule has 6 nitrogen and oxygen atoms in total. The van der Waals surface area contributed by atoms with Crippen LogP contribution in [0.4, 0.5) is 5.69 Å². The second-order valence-corrected chi connectivity index (χ2v) is 11.0. The standard InChI is InChI=1S/C29H26BrN3O3S/c1-16-25(17(2)34)27(26-20-9-7-6-8-19(20)11-13-23(26)36-5)33-28(35)24(37-29(33)31-16)15-18-10-12-22(32(3)4)21(30)14-18/h6-15,27H,1-5H3. The van der Waals surface area contributed by atoms with Crippen molar-refractivity contribution < 1.29 is 9.53 Å². The Balaban J connectivity index is 1.80. The van der Waals surface area contributed by atoms with Crippen molar-refractivity contribution in [3.05, 3.63) is 101 Å². The fraction of sp³-hybridized carbons (Fsp3) is 0.207. The summed E-state index contributed by atoms with van der Waals surface area (Å²) in [5.74, 6) is 0.494. The van der Waals surface area contributed by atoms with Gasteiger partial charge in [-0.1, -0.05) is 47.7 Å². The summed E-state index contributed by atoms with van der Waals surface area (Å²) in [4.78, 5) is 34.2. The van der Waals surface area contributed by atoms with E-state index in [2.05, 4.69) is 15.9 Å². The second kappa shape index (κ2) is 9.76. The number of Topliss-reactive ketones (excluding diaryl/α,β-unsaturated/α-hetero) is 1. The molecule has 0 radical (unpaired) electrons. The molecule has 1 aliphatic rings. The molecule has 1 aliphatic heterocycles. The van der Waals surface area contributed by atoms with Gasteiger partial charge in [0.1, 0.15) is 5.75 Å². The van der Waals surface area contributed by atoms with Gasteiger partial charge in [0.2, 0.25) is 0 Å². The van der Waals surface area contributed by atoms with Crippen LogP contribution in [0.2, 0.25) is 0 Å². The molecule has 0 aliphatic carbocycles. The van der Waals surface area contributed by atoms with Gasteiger partial charge >= 0.3 is 0 Å². The molecule has 2 heterocycles. The molecular weight excluding hydrogens is 550 g/mol. The normalized spacial score (nSPS) is 15.5. The largest absolute Gasteiger partial charge is 0.496 e. The molecule has 0 spiro atoms. The molecule has 1 atom stereocenters. The van der Waals surface area contributed by atoms with E-state index >= 15 is 0 Å². The Morgan fingerprint density at radius 3 is 2.59 bits per heavy atom. The van der Waals surface area contributed by atoms with E-state index in [4.69, 9.17) is 9.73 Å². The lowest BCUT2D eigenvalue weighted by Gasteiger charge is -2.27. The average Bonchev–Trinajstić information content (AvgIpc) is 3.16. The van der Waals surface area contributed by atoms with Crippen LogP contribution < -0.4 is 24.5 Å². The van der Waals surface area contributed by atoms with Gasteiger partial charge in [-0.25, -0.2) is 4.99 Å². The first kappa shape index (κ1) is 25.2. The quantitative estimate of drug-likeness (QED) is 0.342. The molecule has 0 bridgehead atoms. The van der Waals surface area contributed by atoms with Gasteiger partial charge in [0.05, 0.1) is 23.4 Å². The first-order valence-corrected chi connectivity index (χ1v) is 13.4. The van der Waals surface area contributed by atoms with Gasteiger partial charge < -0.3 is 9.64 Å². The highest BCUT2D eigenvalue weighted by molar-refractivity contribution is 9.10. The van der Waals surface area contributed by atoms with E-state index in [1.807, 2.05) is 86.6 Å². The smallest absolute Gasteiger partial charge is 0.271 e. The summed E-state index contributed by atoms with van der Waals surface area (Å²) in [6.07, 6.45) is 1.87. The maximum absolute atomic E-state index is 14.0. The van der Waals surface area contributed by atoms with E-state index in [1.54, 1.807) is 11.7 Å². The van der Waals surface area contributed by atoms with E-state index in [9.17, 15) is 9.59 Å². The SMILES string of the molecule is COc1ccc2ccccc2c1C1C(C(C)=O)=C(C)N=c2sc(=Cc3ccc(N(C)C)c(Br)c3)c(=O)n21. The molecule has 0 saturated heterocycles. The number of fused-ring (bicyclic) bond motifs is 2. The number of benzene rings is 3. The maximum atomic E-state index is 14.0. The monoisotopic (exact) mass is 575 g/mol. The average molecular weight is 577 g/mol. The Hall–Kier alpha value is -3.49. The summed E-state index contributed by atoms with van der Waals surface area (Å²) in [6, 6.07) is 17.1. The Kier molecular flexibility index (Phi) is 6.64. The van der Waals surface area contributed by atoms with Crippen LogP contribution >= 0.6 is 27.3 Å². The molecular formula is C29H26BrN3O3S. The Bertz CT molecular complexity index is 1780. The molecule has 1 aromatic heterocycles. The zero-order chi connectivity index (χ0) is 26.4. The van der Waals surface area contributed by atoms with Crippen LogP contribution in [0.3, 0.4) is 0 Å². The number of nitrogens with zero attached hydrogens (tertiary/aromatic N) is 3. The predicted molar refractivity (Wildman–Crippen MR) is 153 cm³/mol. The van der Waals surface area contributed by atoms with Crippen LogP contribution in [0.25, 0.3) is 16.8 Å². The number of carbonyl (C=O) groups excluding carboxylic acids is 1. The van der Waals surface area contributed by atoms with Gasteiger partial charge in [-0.2, -0.15) is 0 Å².